The third-order valence-electron chi connectivity index (χ3n) is 1.97. The van der Waals surface area contributed by atoms with Crippen molar-refractivity contribution in [3.63, 3.8) is 0 Å². The van der Waals surface area contributed by atoms with E-state index < -0.39 is 17.9 Å². The molecule has 1 rings (SSSR count). The Morgan fingerprint density at radius 1 is 1.69 bits per heavy atom. The molecule has 16 heavy (non-hydrogen) atoms. The molecule has 88 valence electrons. The highest BCUT2D eigenvalue weighted by molar-refractivity contribution is 7.07. The van der Waals surface area contributed by atoms with Gasteiger partial charge in [0.25, 0.3) is 0 Å². The molecule has 1 atom stereocenters. The number of thiazole rings is 1. The van der Waals surface area contributed by atoms with E-state index >= 15 is 0 Å². The zero-order valence-electron chi connectivity index (χ0n) is 8.79. The Hall–Kier alpha value is -1.47. The number of carbonyl (C=O) groups excluding carboxylic acids is 1. The Bertz CT molecular complexity index is 366. The molecule has 1 amide bonds. The molecular weight excluding hydrogens is 230 g/mol. The van der Waals surface area contributed by atoms with Crippen LogP contribution >= 0.6 is 11.3 Å². The maximum Gasteiger partial charge on any atom is 0.305 e. The quantitative estimate of drug-likeness (QED) is 0.753. The number of amides is 1. The topological polar surface area (TPSA) is 96.5 Å². The molecule has 0 aliphatic carbocycles. The SMILES string of the molecule is CN(Cc1cscn1)C(=O)C(N)CC(=O)O. The second-order valence-corrected chi connectivity index (χ2v) is 4.10. The summed E-state index contributed by atoms with van der Waals surface area (Å²) in [5.41, 5.74) is 7.90. The number of hydrogen-bond acceptors (Lipinski definition) is 5. The third-order valence-corrected chi connectivity index (χ3v) is 2.61. The van der Waals surface area contributed by atoms with Crippen molar-refractivity contribution in [1.82, 2.24) is 9.88 Å². The Balaban J connectivity index is 2.50. The van der Waals surface area contributed by atoms with Gasteiger partial charge in [-0.05, 0) is 0 Å². The third kappa shape index (κ3) is 3.59. The van der Waals surface area contributed by atoms with Gasteiger partial charge in [0.1, 0.15) is 0 Å². The van der Waals surface area contributed by atoms with Gasteiger partial charge in [0.15, 0.2) is 0 Å². The van der Waals surface area contributed by atoms with Crippen LogP contribution in [-0.4, -0.2) is 40.0 Å². The first-order valence-corrected chi connectivity index (χ1v) is 5.54. The van der Waals surface area contributed by atoms with Gasteiger partial charge >= 0.3 is 5.97 Å². The van der Waals surface area contributed by atoms with Crippen LogP contribution in [0.5, 0.6) is 0 Å². The van der Waals surface area contributed by atoms with Crippen molar-refractivity contribution < 1.29 is 14.7 Å². The molecule has 1 heterocycles. The predicted octanol–water partition coefficient (Wildman–Crippen LogP) is -0.0965. The van der Waals surface area contributed by atoms with Gasteiger partial charge in [-0.2, -0.15) is 0 Å². The average Bonchev–Trinajstić information content (AvgIpc) is 2.68. The van der Waals surface area contributed by atoms with Crippen molar-refractivity contribution in [2.75, 3.05) is 7.05 Å². The van der Waals surface area contributed by atoms with Crippen LogP contribution in [0, 0.1) is 0 Å². The van der Waals surface area contributed by atoms with Gasteiger partial charge in [0.05, 0.1) is 30.2 Å². The summed E-state index contributed by atoms with van der Waals surface area (Å²) in [6, 6.07) is -0.999. The van der Waals surface area contributed by atoms with E-state index in [4.69, 9.17) is 10.8 Å². The minimum atomic E-state index is -1.08. The summed E-state index contributed by atoms with van der Waals surface area (Å²) >= 11 is 1.44. The molecular formula is C9H13N3O3S. The second-order valence-electron chi connectivity index (χ2n) is 3.38. The van der Waals surface area contributed by atoms with E-state index in [-0.39, 0.29) is 6.42 Å². The van der Waals surface area contributed by atoms with E-state index in [1.807, 2.05) is 5.38 Å². The van der Waals surface area contributed by atoms with Crippen LogP contribution in [0.3, 0.4) is 0 Å². The lowest BCUT2D eigenvalue weighted by Crippen LogP contribution is -2.42. The summed E-state index contributed by atoms with van der Waals surface area (Å²) in [5, 5.41) is 10.3. The van der Waals surface area contributed by atoms with Crippen LogP contribution in [0.2, 0.25) is 0 Å². The fraction of sp³-hybridized carbons (Fsp3) is 0.444. The van der Waals surface area contributed by atoms with E-state index in [2.05, 4.69) is 4.98 Å². The average molecular weight is 243 g/mol. The zero-order valence-corrected chi connectivity index (χ0v) is 9.61. The van der Waals surface area contributed by atoms with E-state index in [1.165, 1.54) is 16.2 Å². The predicted molar refractivity (Wildman–Crippen MR) is 58.8 cm³/mol. The van der Waals surface area contributed by atoms with Gasteiger partial charge in [-0.25, -0.2) is 4.98 Å². The number of likely N-dealkylation sites (N-methyl/N-ethyl adjacent to an activating group) is 1. The van der Waals surface area contributed by atoms with Gasteiger partial charge in [-0.15, -0.1) is 11.3 Å². The molecule has 0 aromatic carbocycles. The molecule has 0 aliphatic heterocycles. The fourth-order valence-corrected chi connectivity index (χ4v) is 1.74. The molecule has 3 N–H and O–H groups in total. The van der Waals surface area contributed by atoms with Gasteiger partial charge in [0.2, 0.25) is 5.91 Å². The maximum atomic E-state index is 11.6. The number of aliphatic carboxylic acids is 1. The first-order valence-electron chi connectivity index (χ1n) is 4.60. The molecule has 7 heteroatoms. The van der Waals surface area contributed by atoms with Crippen LogP contribution in [0.25, 0.3) is 0 Å². The summed E-state index contributed by atoms with van der Waals surface area (Å²) in [4.78, 5) is 27.4. The highest BCUT2D eigenvalue weighted by Gasteiger charge is 2.20. The normalized spacial score (nSPS) is 12.1. The summed E-state index contributed by atoms with van der Waals surface area (Å²) in [7, 11) is 1.57. The van der Waals surface area contributed by atoms with Gasteiger partial charge in [0, 0.05) is 12.4 Å². The van der Waals surface area contributed by atoms with Crippen molar-refractivity contribution in [2.45, 2.75) is 19.0 Å². The summed E-state index contributed by atoms with van der Waals surface area (Å²) in [6.45, 7) is 0.343. The van der Waals surface area contributed by atoms with Crippen LogP contribution in [-0.2, 0) is 16.1 Å². The number of carbonyl (C=O) groups is 2. The molecule has 0 bridgehead atoms. The highest BCUT2D eigenvalue weighted by Crippen LogP contribution is 2.05. The summed E-state index contributed by atoms with van der Waals surface area (Å²) < 4.78 is 0. The molecule has 0 radical (unpaired) electrons. The summed E-state index contributed by atoms with van der Waals surface area (Å²) in [6.07, 6.45) is -0.361. The van der Waals surface area contributed by atoms with Gasteiger partial charge in [-0.3, -0.25) is 9.59 Å². The van der Waals surface area contributed by atoms with Crippen LogP contribution in [0.15, 0.2) is 10.9 Å². The van der Waals surface area contributed by atoms with Crippen LogP contribution in [0.4, 0.5) is 0 Å². The monoisotopic (exact) mass is 243 g/mol. The van der Waals surface area contributed by atoms with E-state index in [0.717, 1.165) is 5.69 Å². The van der Waals surface area contributed by atoms with E-state index in [1.54, 1.807) is 12.6 Å². The lowest BCUT2D eigenvalue weighted by atomic mass is 10.2. The first kappa shape index (κ1) is 12.6. The Labute approximate surface area is 96.7 Å². The second kappa shape index (κ2) is 5.57. The fourth-order valence-electron chi connectivity index (χ4n) is 1.20. The lowest BCUT2D eigenvalue weighted by Gasteiger charge is -2.19. The van der Waals surface area contributed by atoms with Crippen molar-refractivity contribution >= 4 is 23.2 Å². The van der Waals surface area contributed by atoms with Crippen LogP contribution in [0.1, 0.15) is 12.1 Å². The smallest absolute Gasteiger partial charge is 0.305 e. The number of aromatic nitrogens is 1. The highest BCUT2D eigenvalue weighted by atomic mass is 32.1. The van der Waals surface area contributed by atoms with Crippen molar-refractivity contribution in [2.24, 2.45) is 5.73 Å². The molecule has 0 aliphatic rings. The number of rotatable bonds is 5. The minimum absolute atomic E-state index is 0.343. The molecule has 6 nitrogen and oxygen atoms in total. The van der Waals surface area contributed by atoms with Crippen molar-refractivity contribution in [3.8, 4) is 0 Å². The molecule has 0 saturated heterocycles. The number of nitrogens with zero attached hydrogens (tertiary/aromatic N) is 2. The van der Waals surface area contributed by atoms with Gasteiger partial charge < -0.3 is 15.7 Å². The number of nitrogens with two attached hydrogens (primary N) is 1. The number of carboxylic acid groups (broad SMARTS) is 1. The molecule has 0 fully saturated rings. The largest absolute Gasteiger partial charge is 0.481 e. The standard InChI is InChI=1S/C9H13N3O3S/c1-12(3-6-4-16-5-11-6)9(15)7(10)2-8(13)14/h4-5,7H,2-3,10H2,1H3,(H,13,14). The number of hydrogen-bond donors (Lipinski definition) is 2. The number of carboxylic acids is 1. The zero-order chi connectivity index (χ0) is 12.1. The Morgan fingerprint density at radius 3 is 2.88 bits per heavy atom. The Kier molecular flexibility index (Phi) is 4.39. The molecule has 1 aromatic heterocycles. The lowest BCUT2D eigenvalue weighted by molar-refractivity contribution is -0.141. The maximum absolute atomic E-state index is 11.6. The van der Waals surface area contributed by atoms with Crippen molar-refractivity contribution in [3.05, 3.63) is 16.6 Å². The molecule has 1 aromatic rings. The molecule has 0 saturated carbocycles. The first-order chi connectivity index (χ1) is 7.50. The Morgan fingerprint density at radius 2 is 2.38 bits per heavy atom. The van der Waals surface area contributed by atoms with Crippen LogP contribution < -0.4 is 5.73 Å². The van der Waals surface area contributed by atoms with Gasteiger partial charge in [-0.1, -0.05) is 0 Å². The molecule has 0 spiro atoms. The van der Waals surface area contributed by atoms with E-state index in [0.29, 0.717) is 6.54 Å². The van der Waals surface area contributed by atoms with Crippen molar-refractivity contribution in [1.29, 1.82) is 0 Å². The summed E-state index contributed by atoms with van der Waals surface area (Å²) in [5.74, 6) is -1.47. The molecule has 1 unspecified atom stereocenters. The minimum Gasteiger partial charge on any atom is -0.481 e. The van der Waals surface area contributed by atoms with E-state index in [9.17, 15) is 9.59 Å².